The lowest BCUT2D eigenvalue weighted by Crippen LogP contribution is -2.31. The van der Waals surface area contributed by atoms with Gasteiger partial charge in [0.1, 0.15) is 0 Å². The van der Waals surface area contributed by atoms with Crippen LogP contribution in [0, 0.1) is 11.8 Å². The van der Waals surface area contributed by atoms with Crippen LogP contribution in [-0.2, 0) is 4.79 Å². The number of halogens is 1. The number of alkyl halides is 1. The fraction of sp³-hybridized carbons (Fsp3) is 0.833. The zero-order chi connectivity index (χ0) is 6.85. The molecule has 0 aromatic rings. The zero-order valence-corrected chi connectivity index (χ0v) is 5.01. The highest BCUT2D eigenvalue weighted by atomic mass is 19.1. The lowest BCUT2D eigenvalue weighted by atomic mass is 9.76. The molecule has 1 aliphatic carbocycles. The van der Waals surface area contributed by atoms with E-state index in [1.54, 1.807) is 0 Å². The molecule has 0 aromatic heterocycles. The fourth-order valence-electron chi connectivity index (χ4n) is 1.06. The topological polar surface area (TPSA) is 37.3 Å². The van der Waals surface area contributed by atoms with E-state index in [0.29, 0.717) is 12.8 Å². The van der Waals surface area contributed by atoms with Crippen molar-refractivity contribution in [1.29, 1.82) is 0 Å². The Kier molecular flexibility index (Phi) is 1.69. The van der Waals surface area contributed by atoms with Crippen LogP contribution in [0.3, 0.4) is 0 Å². The average Bonchev–Trinajstić information content (AvgIpc) is 1.61. The van der Waals surface area contributed by atoms with Gasteiger partial charge in [0, 0.05) is 0 Å². The first-order chi connectivity index (χ1) is 4.24. The number of hydrogen-bond donors (Lipinski definition) is 1. The lowest BCUT2D eigenvalue weighted by Gasteiger charge is -2.29. The minimum absolute atomic E-state index is 0.0334. The van der Waals surface area contributed by atoms with Gasteiger partial charge in [-0.25, -0.2) is 0 Å². The van der Waals surface area contributed by atoms with Crippen LogP contribution >= 0.6 is 0 Å². The molecule has 0 atom stereocenters. The Morgan fingerprint density at radius 2 is 2.22 bits per heavy atom. The van der Waals surface area contributed by atoms with E-state index in [1.165, 1.54) is 0 Å². The summed E-state index contributed by atoms with van der Waals surface area (Å²) in [5, 5.41) is 8.32. The van der Waals surface area contributed by atoms with Gasteiger partial charge in [0.05, 0.1) is 12.6 Å². The van der Waals surface area contributed by atoms with Crippen LogP contribution in [0.1, 0.15) is 12.8 Å². The summed E-state index contributed by atoms with van der Waals surface area (Å²) in [4.78, 5) is 10.1. The van der Waals surface area contributed by atoms with Crippen molar-refractivity contribution in [3.8, 4) is 0 Å². The van der Waals surface area contributed by atoms with Crippen LogP contribution in [0.15, 0.2) is 0 Å². The molecule has 1 N–H and O–H groups in total. The molecule has 0 radical (unpaired) electrons. The van der Waals surface area contributed by atoms with E-state index in [-0.39, 0.29) is 18.5 Å². The van der Waals surface area contributed by atoms with Gasteiger partial charge in [0.25, 0.3) is 0 Å². The molecule has 0 saturated heterocycles. The van der Waals surface area contributed by atoms with E-state index >= 15 is 0 Å². The summed E-state index contributed by atoms with van der Waals surface area (Å²) in [6.45, 7) is -0.357. The summed E-state index contributed by atoms with van der Waals surface area (Å²) in [7, 11) is 0. The van der Waals surface area contributed by atoms with E-state index in [4.69, 9.17) is 5.11 Å². The quantitative estimate of drug-likeness (QED) is 0.610. The number of hydrogen-bond acceptors (Lipinski definition) is 1. The maximum absolute atomic E-state index is 11.7. The van der Waals surface area contributed by atoms with E-state index in [9.17, 15) is 9.18 Å². The van der Waals surface area contributed by atoms with Crippen molar-refractivity contribution in [1.82, 2.24) is 0 Å². The minimum Gasteiger partial charge on any atom is -0.481 e. The highest BCUT2D eigenvalue weighted by molar-refractivity contribution is 5.71. The van der Waals surface area contributed by atoms with Crippen molar-refractivity contribution >= 4 is 5.97 Å². The molecule has 0 unspecified atom stereocenters. The highest BCUT2D eigenvalue weighted by Crippen LogP contribution is 2.33. The minimum atomic E-state index is -0.778. The van der Waals surface area contributed by atoms with Gasteiger partial charge in [-0.1, -0.05) is 0 Å². The molecular formula is C6H9FO2. The number of carboxylic acid groups (broad SMARTS) is 1. The predicted molar refractivity (Wildman–Crippen MR) is 29.8 cm³/mol. The lowest BCUT2D eigenvalue weighted by molar-refractivity contribution is -0.146. The fourth-order valence-corrected chi connectivity index (χ4v) is 1.06. The van der Waals surface area contributed by atoms with Crippen molar-refractivity contribution in [3.05, 3.63) is 0 Å². The van der Waals surface area contributed by atoms with Gasteiger partial charge in [0.2, 0.25) is 0 Å². The van der Waals surface area contributed by atoms with Crippen molar-refractivity contribution in [3.63, 3.8) is 0 Å². The third-order valence-electron chi connectivity index (χ3n) is 1.80. The summed E-state index contributed by atoms with van der Waals surface area (Å²) in [6.07, 6.45) is 1.07. The van der Waals surface area contributed by atoms with Crippen molar-refractivity contribution in [2.75, 3.05) is 6.67 Å². The molecule has 9 heavy (non-hydrogen) atoms. The second-order valence-corrected chi connectivity index (χ2v) is 2.53. The average molecular weight is 132 g/mol. The van der Waals surface area contributed by atoms with Gasteiger partial charge in [-0.15, -0.1) is 0 Å². The van der Waals surface area contributed by atoms with Crippen LogP contribution in [0.25, 0.3) is 0 Å². The molecular weight excluding hydrogens is 123 g/mol. The number of carbonyl (C=O) groups is 1. The third-order valence-corrected chi connectivity index (χ3v) is 1.80. The maximum Gasteiger partial charge on any atom is 0.306 e. The number of carboxylic acids is 1. The number of rotatable bonds is 2. The van der Waals surface area contributed by atoms with Gasteiger partial charge in [-0.3, -0.25) is 9.18 Å². The summed E-state index contributed by atoms with van der Waals surface area (Å²) >= 11 is 0. The Balaban J connectivity index is 2.19. The van der Waals surface area contributed by atoms with Crippen molar-refractivity contribution in [2.45, 2.75) is 12.8 Å². The molecule has 3 heteroatoms. The highest BCUT2D eigenvalue weighted by Gasteiger charge is 2.33. The van der Waals surface area contributed by atoms with Crippen LogP contribution < -0.4 is 0 Å². The second-order valence-electron chi connectivity index (χ2n) is 2.53. The Morgan fingerprint density at radius 3 is 2.56 bits per heavy atom. The Bertz CT molecular complexity index is 118. The first kappa shape index (κ1) is 6.52. The van der Waals surface area contributed by atoms with Gasteiger partial charge in [0.15, 0.2) is 0 Å². The molecule has 0 spiro atoms. The van der Waals surface area contributed by atoms with Crippen LogP contribution in [-0.4, -0.2) is 17.8 Å². The number of aliphatic carboxylic acids is 1. The smallest absolute Gasteiger partial charge is 0.306 e. The van der Waals surface area contributed by atoms with E-state index in [1.807, 2.05) is 0 Å². The molecule has 0 amide bonds. The molecule has 52 valence electrons. The van der Waals surface area contributed by atoms with Crippen molar-refractivity contribution < 1.29 is 14.3 Å². The second kappa shape index (κ2) is 2.33. The molecule has 0 bridgehead atoms. The molecule has 2 nitrogen and oxygen atoms in total. The molecule has 0 heterocycles. The Labute approximate surface area is 52.7 Å². The van der Waals surface area contributed by atoms with Crippen LogP contribution in [0.2, 0.25) is 0 Å². The largest absolute Gasteiger partial charge is 0.481 e. The SMILES string of the molecule is O=C(O)C1CC(CF)C1. The summed E-state index contributed by atoms with van der Waals surface area (Å²) in [6, 6.07) is 0. The first-order valence-electron chi connectivity index (χ1n) is 3.02. The maximum atomic E-state index is 11.7. The monoisotopic (exact) mass is 132 g/mol. The molecule has 1 saturated carbocycles. The standard InChI is InChI=1S/C6H9FO2/c7-3-4-1-5(2-4)6(8)9/h4-5H,1-3H2,(H,8,9). The van der Waals surface area contributed by atoms with Gasteiger partial charge < -0.3 is 5.11 Å². The molecule has 1 rings (SSSR count). The van der Waals surface area contributed by atoms with Gasteiger partial charge in [-0.05, 0) is 18.8 Å². The Morgan fingerprint density at radius 1 is 1.67 bits per heavy atom. The van der Waals surface area contributed by atoms with Crippen molar-refractivity contribution in [2.24, 2.45) is 11.8 Å². The molecule has 1 aliphatic rings. The Hall–Kier alpha value is -0.600. The summed E-state index contributed by atoms with van der Waals surface area (Å²) < 4.78 is 11.7. The summed E-state index contributed by atoms with van der Waals surface area (Å²) in [5.41, 5.74) is 0. The first-order valence-corrected chi connectivity index (χ1v) is 3.02. The predicted octanol–water partition coefficient (Wildman–Crippen LogP) is 1.07. The normalized spacial score (nSPS) is 33.4. The van der Waals surface area contributed by atoms with E-state index < -0.39 is 5.97 Å². The zero-order valence-electron chi connectivity index (χ0n) is 5.01. The van der Waals surface area contributed by atoms with Gasteiger partial charge in [-0.2, -0.15) is 0 Å². The molecule has 1 fully saturated rings. The van der Waals surface area contributed by atoms with Crippen LogP contribution in [0.5, 0.6) is 0 Å². The van der Waals surface area contributed by atoms with E-state index in [2.05, 4.69) is 0 Å². The third kappa shape index (κ3) is 1.20. The summed E-state index contributed by atoms with van der Waals surface area (Å²) in [5.74, 6) is -1.00. The van der Waals surface area contributed by atoms with Crippen LogP contribution in [0.4, 0.5) is 4.39 Å². The van der Waals surface area contributed by atoms with E-state index in [0.717, 1.165) is 0 Å². The molecule has 0 aromatic carbocycles. The van der Waals surface area contributed by atoms with Gasteiger partial charge >= 0.3 is 5.97 Å². The molecule has 0 aliphatic heterocycles.